The van der Waals surface area contributed by atoms with E-state index in [0.29, 0.717) is 11.1 Å². The number of carbonyl (C=O) groups excluding carboxylic acids is 2. The highest BCUT2D eigenvalue weighted by molar-refractivity contribution is 6.36. The topological polar surface area (TPSA) is 49.4 Å². The third-order valence-corrected chi connectivity index (χ3v) is 5.17. The first-order valence-electron chi connectivity index (χ1n) is 9.69. The van der Waals surface area contributed by atoms with E-state index in [-0.39, 0.29) is 17.8 Å². The summed E-state index contributed by atoms with van der Waals surface area (Å²) in [5.41, 5.74) is 4.17. The number of benzene rings is 3. The van der Waals surface area contributed by atoms with Crippen molar-refractivity contribution in [3.05, 3.63) is 107 Å². The number of nitrogens with zero attached hydrogens (tertiary/aromatic N) is 1. The first-order valence-corrected chi connectivity index (χ1v) is 9.69. The molecule has 0 atom stereocenters. The van der Waals surface area contributed by atoms with Crippen molar-refractivity contribution in [3.8, 4) is 0 Å². The molecule has 0 saturated heterocycles. The number of aryl methyl sites for hydroxylation is 2. The van der Waals surface area contributed by atoms with Crippen LogP contribution >= 0.6 is 0 Å². The van der Waals surface area contributed by atoms with Gasteiger partial charge in [0.05, 0.1) is 12.1 Å². The number of imide groups is 1. The van der Waals surface area contributed by atoms with Crippen LogP contribution in [0.3, 0.4) is 0 Å². The minimum atomic E-state index is -0.469. The molecule has 1 aliphatic rings. The first-order chi connectivity index (χ1) is 14.5. The third kappa shape index (κ3) is 3.62. The quantitative estimate of drug-likeness (QED) is 0.624. The van der Waals surface area contributed by atoms with Crippen molar-refractivity contribution in [3.63, 3.8) is 0 Å². The van der Waals surface area contributed by atoms with Gasteiger partial charge in [0.1, 0.15) is 11.5 Å². The van der Waals surface area contributed by atoms with Gasteiger partial charge in [0.15, 0.2) is 0 Å². The van der Waals surface area contributed by atoms with Gasteiger partial charge in [0.2, 0.25) is 0 Å². The summed E-state index contributed by atoms with van der Waals surface area (Å²) >= 11 is 0. The molecule has 0 radical (unpaired) electrons. The van der Waals surface area contributed by atoms with Crippen molar-refractivity contribution in [2.24, 2.45) is 0 Å². The van der Waals surface area contributed by atoms with Gasteiger partial charge < -0.3 is 5.32 Å². The molecule has 0 saturated carbocycles. The van der Waals surface area contributed by atoms with Gasteiger partial charge in [-0.05, 0) is 42.7 Å². The zero-order chi connectivity index (χ0) is 21.3. The molecular formula is C25H21FN2O2. The van der Waals surface area contributed by atoms with Crippen molar-refractivity contribution >= 4 is 23.1 Å². The lowest BCUT2D eigenvalue weighted by Crippen LogP contribution is -2.32. The molecule has 30 heavy (non-hydrogen) atoms. The summed E-state index contributed by atoms with van der Waals surface area (Å²) in [4.78, 5) is 27.6. The van der Waals surface area contributed by atoms with Crippen molar-refractivity contribution in [2.45, 2.75) is 20.4 Å². The lowest BCUT2D eigenvalue weighted by molar-refractivity contribution is -0.137. The first kappa shape index (κ1) is 19.6. The summed E-state index contributed by atoms with van der Waals surface area (Å²) in [6.45, 7) is 3.77. The van der Waals surface area contributed by atoms with E-state index >= 15 is 0 Å². The number of amides is 2. The summed E-state index contributed by atoms with van der Waals surface area (Å²) < 4.78 is 14.2. The molecule has 4 nitrogen and oxygen atoms in total. The zero-order valence-electron chi connectivity index (χ0n) is 16.8. The van der Waals surface area contributed by atoms with Crippen LogP contribution in [0.15, 0.2) is 78.5 Å². The molecule has 150 valence electrons. The largest absolute Gasteiger partial charge is 0.350 e. The maximum atomic E-state index is 14.2. The molecular weight excluding hydrogens is 379 g/mol. The lowest BCUT2D eigenvalue weighted by Gasteiger charge is -2.16. The predicted molar refractivity (Wildman–Crippen MR) is 115 cm³/mol. The fraction of sp³-hybridized carbons (Fsp3) is 0.120. The molecule has 0 aromatic heterocycles. The number of anilines is 1. The standard InChI is InChI=1S/C25H21FN2O2/c1-16-12-13-17(2)21(14-16)27-23-22(18-8-4-3-5-9-18)24(29)28(25(23)30)15-19-10-6-7-11-20(19)26/h3-14,27H,15H2,1-2H3. The maximum Gasteiger partial charge on any atom is 0.278 e. The van der Waals surface area contributed by atoms with E-state index in [9.17, 15) is 14.0 Å². The molecule has 0 bridgehead atoms. The van der Waals surface area contributed by atoms with Gasteiger partial charge >= 0.3 is 0 Å². The normalized spacial score (nSPS) is 13.9. The van der Waals surface area contributed by atoms with Crippen molar-refractivity contribution in [1.82, 2.24) is 4.90 Å². The second kappa shape index (κ2) is 7.95. The van der Waals surface area contributed by atoms with Crippen LogP contribution in [0, 0.1) is 19.7 Å². The average molecular weight is 400 g/mol. The van der Waals surface area contributed by atoms with E-state index in [1.165, 1.54) is 6.07 Å². The number of halogens is 1. The molecule has 3 aromatic rings. The minimum absolute atomic E-state index is 0.126. The summed E-state index contributed by atoms with van der Waals surface area (Å²) in [5.74, 6) is -1.36. The summed E-state index contributed by atoms with van der Waals surface area (Å²) in [5, 5.41) is 3.18. The average Bonchev–Trinajstić information content (AvgIpc) is 2.97. The Bertz CT molecular complexity index is 1170. The molecule has 5 heteroatoms. The lowest BCUT2D eigenvalue weighted by atomic mass is 10.0. The van der Waals surface area contributed by atoms with E-state index in [1.807, 2.05) is 50.2 Å². The van der Waals surface area contributed by atoms with Crippen LogP contribution in [0.1, 0.15) is 22.3 Å². The summed E-state index contributed by atoms with van der Waals surface area (Å²) in [6.07, 6.45) is 0. The molecule has 0 unspecified atom stereocenters. The fourth-order valence-corrected chi connectivity index (χ4v) is 3.51. The van der Waals surface area contributed by atoms with E-state index in [2.05, 4.69) is 5.32 Å². The van der Waals surface area contributed by atoms with E-state index < -0.39 is 17.6 Å². The van der Waals surface area contributed by atoms with Crippen LogP contribution in [0.5, 0.6) is 0 Å². The van der Waals surface area contributed by atoms with Crippen LogP contribution in [0.4, 0.5) is 10.1 Å². The third-order valence-electron chi connectivity index (χ3n) is 5.17. The number of carbonyl (C=O) groups is 2. The molecule has 1 aliphatic heterocycles. The molecule has 0 aliphatic carbocycles. The Labute approximate surface area is 174 Å². The smallest absolute Gasteiger partial charge is 0.278 e. The van der Waals surface area contributed by atoms with E-state index in [4.69, 9.17) is 0 Å². The fourth-order valence-electron chi connectivity index (χ4n) is 3.51. The van der Waals surface area contributed by atoms with E-state index in [1.54, 1.807) is 30.3 Å². The van der Waals surface area contributed by atoms with Crippen LogP contribution < -0.4 is 5.32 Å². The Balaban J connectivity index is 1.77. The molecule has 3 aromatic carbocycles. The molecule has 4 rings (SSSR count). The van der Waals surface area contributed by atoms with Crippen LogP contribution in [-0.4, -0.2) is 16.7 Å². The SMILES string of the molecule is Cc1ccc(C)c(NC2=C(c3ccccc3)C(=O)N(Cc3ccccc3F)C2=O)c1. The number of hydrogen-bond donors (Lipinski definition) is 1. The van der Waals surface area contributed by atoms with Gasteiger partial charge in [-0.2, -0.15) is 0 Å². The Morgan fingerprint density at radius 2 is 1.57 bits per heavy atom. The van der Waals surface area contributed by atoms with Crippen molar-refractivity contribution in [2.75, 3.05) is 5.32 Å². The van der Waals surface area contributed by atoms with Gasteiger partial charge in [-0.15, -0.1) is 0 Å². The molecule has 2 amide bonds. The zero-order valence-corrected chi connectivity index (χ0v) is 16.8. The Morgan fingerprint density at radius 1 is 0.867 bits per heavy atom. The number of rotatable bonds is 5. The minimum Gasteiger partial charge on any atom is -0.350 e. The van der Waals surface area contributed by atoms with Crippen molar-refractivity contribution in [1.29, 1.82) is 0 Å². The second-order valence-corrected chi connectivity index (χ2v) is 7.35. The highest BCUT2D eigenvalue weighted by atomic mass is 19.1. The predicted octanol–water partition coefficient (Wildman–Crippen LogP) is 4.83. The molecule has 0 fully saturated rings. The van der Waals surface area contributed by atoms with Gasteiger partial charge in [0, 0.05) is 11.3 Å². The Kier molecular flexibility index (Phi) is 5.19. The van der Waals surface area contributed by atoms with Gasteiger partial charge in [0.25, 0.3) is 11.8 Å². The second-order valence-electron chi connectivity index (χ2n) is 7.35. The van der Waals surface area contributed by atoms with Gasteiger partial charge in [-0.1, -0.05) is 60.7 Å². The van der Waals surface area contributed by atoms with Crippen molar-refractivity contribution < 1.29 is 14.0 Å². The number of nitrogens with one attached hydrogen (secondary N) is 1. The Hall–Kier alpha value is -3.73. The Morgan fingerprint density at radius 3 is 2.30 bits per heavy atom. The maximum absolute atomic E-state index is 14.2. The molecule has 1 heterocycles. The summed E-state index contributed by atoms with van der Waals surface area (Å²) in [6, 6.07) is 21.1. The monoisotopic (exact) mass is 400 g/mol. The van der Waals surface area contributed by atoms with Crippen LogP contribution in [-0.2, 0) is 16.1 Å². The van der Waals surface area contributed by atoms with Gasteiger partial charge in [-0.3, -0.25) is 14.5 Å². The van der Waals surface area contributed by atoms with Gasteiger partial charge in [-0.25, -0.2) is 4.39 Å². The number of hydrogen-bond acceptors (Lipinski definition) is 3. The molecule has 1 N–H and O–H groups in total. The highest BCUT2D eigenvalue weighted by Crippen LogP contribution is 2.32. The van der Waals surface area contributed by atoms with Crippen LogP contribution in [0.2, 0.25) is 0 Å². The molecule has 0 spiro atoms. The highest BCUT2D eigenvalue weighted by Gasteiger charge is 2.39. The summed E-state index contributed by atoms with van der Waals surface area (Å²) in [7, 11) is 0. The van der Waals surface area contributed by atoms with E-state index in [0.717, 1.165) is 21.7 Å². The van der Waals surface area contributed by atoms with Crippen LogP contribution in [0.25, 0.3) is 5.57 Å².